The highest BCUT2D eigenvalue weighted by Crippen LogP contribution is 2.31. The zero-order valence-corrected chi connectivity index (χ0v) is 14.8. The van der Waals surface area contributed by atoms with Crippen molar-refractivity contribution in [2.24, 2.45) is 0 Å². The zero-order chi connectivity index (χ0) is 17.6. The van der Waals surface area contributed by atoms with Gasteiger partial charge in [0.15, 0.2) is 0 Å². The Bertz CT molecular complexity index is 902. The molecule has 130 valence electrons. The molecule has 0 saturated carbocycles. The van der Waals surface area contributed by atoms with Crippen molar-refractivity contribution in [3.05, 3.63) is 45.7 Å². The number of H-pyrrole nitrogens is 1. The quantitative estimate of drug-likeness (QED) is 0.703. The lowest BCUT2D eigenvalue weighted by molar-refractivity contribution is 0.0706. The summed E-state index contributed by atoms with van der Waals surface area (Å²) in [5.74, 6) is 0.566. The minimum absolute atomic E-state index is 0.0263. The van der Waals surface area contributed by atoms with Crippen molar-refractivity contribution in [3.8, 4) is 0 Å². The molecule has 1 aliphatic rings. The molecule has 1 aliphatic heterocycles. The summed E-state index contributed by atoms with van der Waals surface area (Å²) >= 11 is 12.1. The van der Waals surface area contributed by atoms with Crippen molar-refractivity contribution in [1.29, 1.82) is 0 Å². The molecule has 0 spiro atoms. The molecular weight excluding hydrogens is 363 g/mol. The van der Waals surface area contributed by atoms with E-state index in [4.69, 9.17) is 33.5 Å². The summed E-state index contributed by atoms with van der Waals surface area (Å²) in [6.45, 7) is 1.32. The number of nitrogen functional groups attached to an aromatic ring is 1. The van der Waals surface area contributed by atoms with Gasteiger partial charge in [0, 0.05) is 36.0 Å². The predicted octanol–water partition coefficient (Wildman–Crippen LogP) is 4.06. The molecule has 3 N–H and O–H groups in total. The smallest absolute Gasteiger partial charge is 0.270 e. The summed E-state index contributed by atoms with van der Waals surface area (Å²) in [5, 5.41) is 5.78. The summed E-state index contributed by atoms with van der Waals surface area (Å²) in [6, 6.07) is 7.06. The van der Waals surface area contributed by atoms with Crippen LogP contribution in [0.3, 0.4) is 0 Å². The Morgan fingerprint density at radius 3 is 2.60 bits per heavy atom. The van der Waals surface area contributed by atoms with Crippen molar-refractivity contribution >= 4 is 45.9 Å². The van der Waals surface area contributed by atoms with Gasteiger partial charge in [0.05, 0.1) is 15.7 Å². The maximum atomic E-state index is 12.8. The third-order valence-electron chi connectivity index (χ3n) is 4.64. The van der Waals surface area contributed by atoms with Gasteiger partial charge in [-0.25, -0.2) is 0 Å². The fourth-order valence-electron chi connectivity index (χ4n) is 3.29. The van der Waals surface area contributed by atoms with E-state index in [0.717, 1.165) is 29.4 Å². The second kappa shape index (κ2) is 6.28. The predicted molar refractivity (Wildman–Crippen MR) is 97.1 cm³/mol. The fraction of sp³-hybridized carbons (Fsp3) is 0.294. The Kier molecular flexibility index (Phi) is 4.09. The van der Waals surface area contributed by atoms with Gasteiger partial charge in [-0.1, -0.05) is 28.4 Å². The van der Waals surface area contributed by atoms with Crippen LogP contribution in [0.4, 0.5) is 5.88 Å². The summed E-state index contributed by atoms with van der Waals surface area (Å²) in [6.07, 6.45) is 1.66. The van der Waals surface area contributed by atoms with Gasteiger partial charge in [-0.05, 0) is 31.0 Å². The van der Waals surface area contributed by atoms with E-state index in [0.29, 0.717) is 34.7 Å². The Hall–Kier alpha value is -2.18. The lowest BCUT2D eigenvalue weighted by Gasteiger charge is -2.30. The number of carbonyl (C=O) groups is 1. The molecule has 3 aromatic rings. The van der Waals surface area contributed by atoms with Gasteiger partial charge >= 0.3 is 0 Å². The molecule has 6 nitrogen and oxygen atoms in total. The molecule has 1 fully saturated rings. The minimum Gasteiger partial charge on any atom is -0.368 e. The van der Waals surface area contributed by atoms with Crippen molar-refractivity contribution in [3.63, 3.8) is 0 Å². The molecule has 8 heteroatoms. The Morgan fingerprint density at radius 1 is 1.20 bits per heavy atom. The maximum absolute atomic E-state index is 12.8. The van der Waals surface area contributed by atoms with E-state index in [1.165, 1.54) is 0 Å². The van der Waals surface area contributed by atoms with Gasteiger partial charge in [0.2, 0.25) is 5.88 Å². The molecular formula is C17H16Cl2N4O2. The van der Waals surface area contributed by atoms with Crippen LogP contribution in [0.5, 0.6) is 0 Å². The minimum atomic E-state index is -0.0263. The van der Waals surface area contributed by atoms with Gasteiger partial charge in [-0.15, -0.1) is 0 Å². The molecule has 0 bridgehead atoms. The molecule has 3 heterocycles. The third-order valence-corrected chi connectivity index (χ3v) is 5.36. The first-order chi connectivity index (χ1) is 12.0. The van der Waals surface area contributed by atoms with E-state index in [-0.39, 0.29) is 11.8 Å². The number of nitrogens with two attached hydrogens (primary N) is 1. The van der Waals surface area contributed by atoms with Crippen molar-refractivity contribution in [2.75, 3.05) is 18.8 Å². The number of amides is 1. The molecule has 0 unspecified atom stereocenters. The molecule has 0 atom stereocenters. The summed E-state index contributed by atoms with van der Waals surface area (Å²) < 4.78 is 4.93. The molecule has 1 amide bonds. The van der Waals surface area contributed by atoms with E-state index in [1.807, 2.05) is 11.0 Å². The van der Waals surface area contributed by atoms with Crippen LogP contribution in [0.25, 0.3) is 10.9 Å². The molecule has 2 aromatic heterocycles. The number of nitrogens with one attached hydrogen (secondary N) is 1. The van der Waals surface area contributed by atoms with Crippen LogP contribution in [0.1, 0.15) is 34.9 Å². The normalized spacial score (nSPS) is 15.8. The number of likely N-dealkylation sites (tertiary alicyclic amines) is 1. The number of anilines is 1. The average molecular weight is 379 g/mol. The van der Waals surface area contributed by atoms with Crippen LogP contribution in [0.2, 0.25) is 10.0 Å². The Morgan fingerprint density at radius 2 is 1.92 bits per heavy atom. The van der Waals surface area contributed by atoms with E-state index in [1.54, 1.807) is 18.2 Å². The lowest BCUT2D eigenvalue weighted by Crippen LogP contribution is -2.38. The monoisotopic (exact) mass is 378 g/mol. The number of benzene rings is 1. The second-order valence-electron chi connectivity index (χ2n) is 6.26. The highest BCUT2D eigenvalue weighted by Gasteiger charge is 2.27. The van der Waals surface area contributed by atoms with Gasteiger partial charge in [0.25, 0.3) is 5.91 Å². The number of aromatic nitrogens is 2. The average Bonchev–Trinajstić information content (AvgIpc) is 3.21. The number of aromatic amines is 1. The number of hydrogen-bond acceptors (Lipinski definition) is 4. The highest BCUT2D eigenvalue weighted by molar-refractivity contribution is 6.42. The number of halogens is 2. The van der Waals surface area contributed by atoms with Gasteiger partial charge in [-0.2, -0.15) is 0 Å². The third kappa shape index (κ3) is 3.07. The first-order valence-corrected chi connectivity index (χ1v) is 8.76. The van der Waals surface area contributed by atoms with Crippen LogP contribution in [-0.4, -0.2) is 34.0 Å². The van der Waals surface area contributed by atoms with Gasteiger partial charge in [0.1, 0.15) is 5.69 Å². The number of rotatable bonds is 2. The van der Waals surface area contributed by atoms with Crippen LogP contribution in [0.15, 0.2) is 28.8 Å². The zero-order valence-electron chi connectivity index (χ0n) is 13.3. The number of fused-ring (bicyclic) bond motifs is 1. The topological polar surface area (TPSA) is 88.1 Å². The molecule has 1 saturated heterocycles. The number of hydrogen-bond donors (Lipinski definition) is 2. The first kappa shape index (κ1) is 16.3. The van der Waals surface area contributed by atoms with E-state index >= 15 is 0 Å². The van der Waals surface area contributed by atoms with E-state index in [2.05, 4.69) is 10.1 Å². The highest BCUT2D eigenvalue weighted by atomic mass is 35.5. The molecule has 1 aromatic carbocycles. The molecule has 4 rings (SSSR count). The van der Waals surface area contributed by atoms with E-state index < -0.39 is 0 Å². The molecule has 25 heavy (non-hydrogen) atoms. The van der Waals surface area contributed by atoms with Crippen molar-refractivity contribution < 1.29 is 9.32 Å². The lowest BCUT2D eigenvalue weighted by atomic mass is 9.93. The molecule has 0 aliphatic carbocycles. The van der Waals surface area contributed by atoms with E-state index in [9.17, 15) is 4.79 Å². The fourth-order valence-corrected chi connectivity index (χ4v) is 3.62. The van der Waals surface area contributed by atoms with Crippen LogP contribution < -0.4 is 5.73 Å². The largest absolute Gasteiger partial charge is 0.368 e. The number of nitrogens with zero attached hydrogens (tertiary/aromatic N) is 2. The number of carbonyl (C=O) groups excluding carboxylic acids is 1. The Balaban J connectivity index is 1.48. The van der Waals surface area contributed by atoms with Gasteiger partial charge in [-0.3, -0.25) is 4.79 Å². The standard InChI is InChI=1S/C17H16Cl2N4O2/c18-11-5-10-6-15(21-13(10)7-12(11)19)17(24)23-3-1-9(2-4-23)14-8-16(20)25-22-14/h5-9,21H,1-4,20H2. The van der Waals surface area contributed by atoms with Crippen molar-refractivity contribution in [2.45, 2.75) is 18.8 Å². The summed E-state index contributed by atoms with van der Waals surface area (Å²) in [5.41, 5.74) is 7.78. The first-order valence-electron chi connectivity index (χ1n) is 8.00. The Labute approximate surface area is 153 Å². The van der Waals surface area contributed by atoms with Crippen LogP contribution >= 0.6 is 23.2 Å². The van der Waals surface area contributed by atoms with Crippen molar-refractivity contribution in [1.82, 2.24) is 15.0 Å². The summed E-state index contributed by atoms with van der Waals surface area (Å²) in [4.78, 5) is 17.7. The van der Waals surface area contributed by atoms with Crippen LogP contribution in [-0.2, 0) is 0 Å². The maximum Gasteiger partial charge on any atom is 0.270 e. The second-order valence-corrected chi connectivity index (χ2v) is 7.07. The molecule has 0 radical (unpaired) electrons. The SMILES string of the molecule is Nc1cc(C2CCN(C(=O)c3cc4cc(Cl)c(Cl)cc4[nH]3)CC2)no1. The summed E-state index contributed by atoms with van der Waals surface area (Å²) in [7, 11) is 0. The van der Waals surface area contributed by atoms with Gasteiger partial charge < -0.3 is 20.1 Å². The number of piperidine rings is 1. The van der Waals surface area contributed by atoms with Crippen LogP contribution in [0, 0.1) is 0 Å².